The first kappa shape index (κ1) is 18.0. The van der Waals surface area contributed by atoms with Crippen LogP contribution in [0.25, 0.3) is 0 Å². The third kappa shape index (κ3) is 3.70. The molecule has 0 aliphatic carbocycles. The molecule has 0 radical (unpaired) electrons. The summed E-state index contributed by atoms with van der Waals surface area (Å²) in [5.41, 5.74) is 2.16. The number of fused-ring (bicyclic) bond motifs is 1. The molecule has 0 saturated carbocycles. The number of sulfonamides is 1. The van der Waals surface area contributed by atoms with Crippen LogP contribution in [-0.2, 0) is 10.0 Å². The molecule has 1 fully saturated rings. The monoisotopic (exact) mass is 386 g/mol. The number of nitrogens with zero attached hydrogens (tertiary/aromatic N) is 2. The summed E-state index contributed by atoms with van der Waals surface area (Å²) < 4.78 is 38.5. The smallest absolute Gasteiger partial charge is 0.245 e. The van der Waals surface area contributed by atoms with E-state index in [-0.39, 0.29) is 11.7 Å². The number of piperidine rings is 1. The third-order valence-electron chi connectivity index (χ3n) is 4.80. The molecule has 0 unspecified atom stereocenters. The van der Waals surface area contributed by atoms with Crippen LogP contribution in [0.15, 0.2) is 46.3 Å². The summed E-state index contributed by atoms with van der Waals surface area (Å²) in [4.78, 5) is 4.74. The molecule has 6 nitrogen and oxygen atoms in total. The molecule has 0 N–H and O–H groups in total. The number of hydrogen-bond acceptors (Lipinski definition) is 5. The second kappa shape index (κ2) is 7.32. The molecule has 2 aliphatic rings. The van der Waals surface area contributed by atoms with Crippen molar-refractivity contribution in [2.24, 2.45) is 4.99 Å². The van der Waals surface area contributed by atoms with Crippen LogP contribution in [0.2, 0.25) is 0 Å². The van der Waals surface area contributed by atoms with E-state index in [1.807, 2.05) is 31.2 Å². The number of aliphatic imine (C=N–C) groups is 1. The Morgan fingerprint density at radius 3 is 2.59 bits per heavy atom. The van der Waals surface area contributed by atoms with E-state index >= 15 is 0 Å². The summed E-state index contributed by atoms with van der Waals surface area (Å²) in [6.07, 6.45) is 4.54. The molecule has 7 heteroatoms. The maximum Gasteiger partial charge on any atom is 0.245 e. The molecule has 142 valence electrons. The molecule has 1 saturated heterocycles. The zero-order valence-electron chi connectivity index (χ0n) is 15.2. The molecule has 27 heavy (non-hydrogen) atoms. The minimum Gasteiger partial charge on any atom is -0.454 e. The SMILES string of the molecule is Cc1ccc(N=Cc2ccc3c(c2)OCO3)c(S(=O)(=O)N2CCCCC2)c1. The summed E-state index contributed by atoms with van der Waals surface area (Å²) in [6.45, 7) is 3.25. The minimum absolute atomic E-state index is 0.214. The molecule has 0 aromatic heterocycles. The van der Waals surface area contributed by atoms with Crippen LogP contribution in [0.4, 0.5) is 5.69 Å². The highest BCUT2D eigenvalue weighted by Gasteiger charge is 2.28. The van der Waals surface area contributed by atoms with Gasteiger partial charge in [-0.3, -0.25) is 4.99 Å². The van der Waals surface area contributed by atoms with E-state index in [2.05, 4.69) is 4.99 Å². The minimum atomic E-state index is -3.55. The molecule has 2 aromatic carbocycles. The van der Waals surface area contributed by atoms with Crippen LogP contribution in [0.5, 0.6) is 11.5 Å². The molecular weight excluding hydrogens is 364 g/mol. The van der Waals surface area contributed by atoms with Crippen LogP contribution >= 0.6 is 0 Å². The Hall–Kier alpha value is -2.38. The second-order valence-corrected chi connectivity index (χ2v) is 8.71. The summed E-state index contributed by atoms with van der Waals surface area (Å²) in [6, 6.07) is 10.9. The van der Waals surface area contributed by atoms with Crippen molar-refractivity contribution >= 4 is 21.9 Å². The van der Waals surface area contributed by atoms with E-state index in [0.29, 0.717) is 30.3 Å². The van der Waals surface area contributed by atoms with E-state index in [9.17, 15) is 8.42 Å². The highest BCUT2D eigenvalue weighted by Crippen LogP contribution is 2.33. The topological polar surface area (TPSA) is 68.2 Å². The molecule has 2 heterocycles. The Morgan fingerprint density at radius 2 is 1.78 bits per heavy atom. The van der Waals surface area contributed by atoms with Gasteiger partial charge in [-0.05, 0) is 61.2 Å². The molecule has 0 spiro atoms. The van der Waals surface area contributed by atoms with Gasteiger partial charge in [-0.2, -0.15) is 4.31 Å². The molecule has 0 bridgehead atoms. The van der Waals surface area contributed by atoms with Crippen molar-refractivity contribution in [2.75, 3.05) is 19.9 Å². The summed E-state index contributed by atoms with van der Waals surface area (Å²) in [7, 11) is -3.55. The Bertz CT molecular complexity index is 979. The summed E-state index contributed by atoms with van der Waals surface area (Å²) in [5.74, 6) is 1.37. The van der Waals surface area contributed by atoms with Crippen molar-refractivity contribution in [3.05, 3.63) is 47.5 Å². The lowest BCUT2D eigenvalue weighted by Crippen LogP contribution is -2.35. The lowest BCUT2D eigenvalue weighted by atomic mass is 10.2. The maximum atomic E-state index is 13.1. The van der Waals surface area contributed by atoms with Gasteiger partial charge >= 0.3 is 0 Å². The predicted octanol–water partition coefficient (Wildman–Crippen LogP) is 3.65. The molecule has 2 aliphatic heterocycles. The van der Waals surface area contributed by atoms with E-state index in [4.69, 9.17) is 9.47 Å². The first-order valence-electron chi connectivity index (χ1n) is 9.08. The van der Waals surface area contributed by atoms with Gasteiger partial charge in [0.1, 0.15) is 4.90 Å². The van der Waals surface area contributed by atoms with Crippen LogP contribution < -0.4 is 9.47 Å². The average Bonchev–Trinajstić information content (AvgIpc) is 3.15. The normalized spacial score (nSPS) is 17.5. The summed E-state index contributed by atoms with van der Waals surface area (Å²) >= 11 is 0. The van der Waals surface area contributed by atoms with E-state index in [0.717, 1.165) is 30.4 Å². The van der Waals surface area contributed by atoms with Gasteiger partial charge in [0.25, 0.3) is 0 Å². The fourth-order valence-electron chi connectivity index (χ4n) is 3.32. The first-order chi connectivity index (χ1) is 13.0. The predicted molar refractivity (Wildman–Crippen MR) is 104 cm³/mol. The standard InChI is InChI=1S/C20H22N2O4S/c1-15-5-7-17(20(11-15)27(23,24)22-9-3-2-4-10-22)21-13-16-6-8-18-19(12-16)26-14-25-18/h5-8,11-13H,2-4,9-10,14H2,1H3. The van der Waals surface area contributed by atoms with E-state index in [1.165, 1.54) is 0 Å². The number of aryl methyl sites for hydroxylation is 1. The Balaban J connectivity index is 1.67. The number of benzene rings is 2. The number of ether oxygens (including phenoxy) is 2. The van der Waals surface area contributed by atoms with E-state index < -0.39 is 10.0 Å². The van der Waals surface area contributed by atoms with Gasteiger partial charge in [-0.15, -0.1) is 0 Å². The first-order valence-corrected chi connectivity index (χ1v) is 10.5. The van der Waals surface area contributed by atoms with Gasteiger partial charge in [0.15, 0.2) is 11.5 Å². The zero-order valence-corrected chi connectivity index (χ0v) is 16.0. The van der Waals surface area contributed by atoms with Crippen molar-refractivity contribution in [2.45, 2.75) is 31.1 Å². The van der Waals surface area contributed by atoms with Crippen LogP contribution in [0, 0.1) is 6.92 Å². The average molecular weight is 386 g/mol. The number of rotatable bonds is 4. The van der Waals surface area contributed by atoms with Gasteiger partial charge < -0.3 is 9.47 Å². The Morgan fingerprint density at radius 1 is 1.00 bits per heavy atom. The fraction of sp³-hybridized carbons (Fsp3) is 0.350. The summed E-state index contributed by atoms with van der Waals surface area (Å²) in [5, 5.41) is 0. The van der Waals surface area contributed by atoms with Crippen LogP contribution in [0.1, 0.15) is 30.4 Å². The van der Waals surface area contributed by atoms with Gasteiger partial charge in [-0.1, -0.05) is 12.5 Å². The van der Waals surface area contributed by atoms with Gasteiger partial charge in [-0.25, -0.2) is 8.42 Å². The molecule has 0 amide bonds. The Kier molecular flexibility index (Phi) is 4.88. The van der Waals surface area contributed by atoms with E-state index in [1.54, 1.807) is 22.7 Å². The quantitative estimate of drug-likeness (QED) is 0.752. The fourth-order valence-corrected chi connectivity index (χ4v) is 5.05. The van der Waals surface area contributed by atoms with Crippen molar-refractivity contribution in [3.8, 4) is 11.5 Å². The highest BCUT2D eigenvalue weighted by molar-refractivity contribution is 7.89. The van der Waals surface area contributed by atoms with Gasteiger partial charge in [0.05, 0.1) is 5.69 Å². The highest BCUT2D eigenvalue weighted by atomic mass is 32.2. The lowest BCUT2D eigenvalue weighted by Gasteiger charge is -2.26. The van der Waals surface area contributed by atoms with Crippen LogP contribution in [-0.4, -0.2) is 38.8 Å². The molecule has 2 aromatic rings. The third-order valence-corrected chi connectivity index (χ3v) is 6.73. The lowest BCUT2D eigenvalue weighted by molar-refractivity contribution is 0.174. The van der Waals surface area contributed by atoms with Crippen molar-refractivity contribution in [3.63, 3.8) is 0 Å². The van der Waals surface area contributed by atoms with Crippen molar-refractivity contribution < 1.29 is 17.9 Å². The molecular formula is C20H22N2O4S. The second-order valence-electron chi connectivity index (χ2n) is 6.81. The van der Waals surface area contributed by atoms with Crippen LogP contribution in [0.3, 0.4) is 0 Å². The largest absolute Gasteiger partial charge is 0.454 e. The molecule has 4 rings (SSSR count). The zero-order chi connectivity index (χ0) is 18.9. The van der Waals surface area contributed by atoms with Crippen molar-refractivity contribution in [1.82, 2.24) is 4.31 Å². The molecule has 0 atom stereocenters. The van der Waals surface area contributed by atoms with Gasteiger partial charge in [0.2, 0.25) is 16.8 Å². The van der Waals surface area contributed by atoms with Gasteiger partial charge in [0, 0.05) is 19.3 Å². The number of hydrogen-bond donors (Lipinski definition) is 0. The van der Waals surface area contributed by atoms with Crippen molar-refractivity contribution in [1.29, 1.82) is 0 Å². The Labute approximate surface area is 159 Å². The maximum absolute atomic E-state index is 13.1.